The second-order valence-corrected chi connectivity index (χ2v) is 2.60. The normalized spacial score (nSPS) is 10.8. The summed E-state index contributed by atoms with van der Waals surface area (Å²) in [5.41, 5.74) is 5.42. The standard InChI is InChI=1S/C7H7ClF2N2/c8-6-1-4(2-11)5(3-12-6)7(9)10/h1,3,7H,2,11H2. The van der Waals surface area contributed by atoms with Crippen molar-refractivity contribution in [1.82, 2.24) is 4.98 Å². The molecule has 0 aliphatic rings. The van der Waals surface area contributed by atoms with Gasteiger partial charge in [-0.05, 0) is 11.6 Å². The lowest BCUT2D eigenvalue weighted by Gasteiger charge is -2.05. The summed E-state index contributed by atoms with van der Waals surface area (Å²) in [5.74, 6) is 0. The molecule has 0 saturated carbocycles. The molecule has 1 aromatic rings. The van der Waals surface area contributed by atoms with Crippen LogP contribution in [0.15, 0.2) is 12.3 Å². The number of hydrogen-bond acceptors (Lipinski definition) is 2. The molecule has 66 valence electrons. The quantitative estimate of drug-likeness (QED) is 0.730. The SMILES string of the molecule is NCc1cc(Cl)ncc1C(F)F. The van der Waals surface area contributed by atoms with E-state index >= 15 is 0 Å². The summed E-state index contributed by atoms with van der Waals surface area (Å²) in [5, 5.41) is 0.180. The third-order valence-electron chi connectivity index (χ3n) is 1.45. The van der Waals surface area contributed by atoms with Gasteiger partial charge in [-0.25, -0.2) is 13.8 Å². The predicted molar refractivity (Wildman–Crippen MR) is 42.1 cm³/mol. The van der Waals surface area contributed by atoms with Gasteiger partial charge >= 0.3 is 0 Å². The Labute approximate surface area is 73.4 Å². The molecule has 0 saturated heterocycles. The Kier molecular flexibility index (Phi) is 2.94. The fourth-order valence-corrected chi connectivity index (χ4v) is 1.03. The molecule has 2 N–H and O–H groups in total. The molecule has 0 unspecified atom stereocenters. The molecule has 2 nitrogen and oxygen atoms in total. The highest BCUT2D eigenvalue weighted by molar-refractivity contribution is 6.29. The zero-order chi connectivity index (χ0) is 9.14. The Morgan fingerprint density at radius 2 is 2.25 bits per heavy atom. The van der Waals surface area contributed by atoms with Gasteiger partial charge in [-0.1, -0.05) is 11.6 Å². The maximum atomic E-state index is 12.2. The van der Waals surface area contributed by atoms with Crippen LogP contribution in [-0.2, 0) is 6.54 Å². The van der Waals surface area contributed by atoms with Crippen molar-refractivity contribution in [1.29, 1.82) is 0 Å². The van der Waals surface area contributed by atoms with E-state index in [1.54, 1.807) is 0 Å². The maximum absolute atomic E-state index is 12.2. The molecule has 12 heavy (non-hydrogen) atoms. The van der Waals surface area contributed by atoms with Crippen molar-refractivity contribution in [3.05, 3.63) is 28.5 Å². The Balaban J connectivity index is 3.11. The molecule has 0 spiro atoms. The smallest absolute Gasteiger partial charge is 0.265 e. The number of nitrogens with two attached hydrogens (primary N) is 1. The van der Waals surface area contributed by atoms with Crippen molar-refractivity contribution >= 4 is 11.6 Å². The third kappa shape index (κ3) is 1.89. The van der Waals surface area contributed by atoms with Crippen LogP contribution >= 0.6 is 11.6 Å². The number of alkyl halides is 2. The van der Waals surface area contributed by atoms with Gasteiger partial charge < -0.3 is 5.73 Å². The van der Waals surface area contributed by atoms with E-state index in [4.69, 9.17) is 17.3 Å². The lowest BCUT2D eigenvalue weighted by Crippen LogP contribution is -2.02. The van der Waals surface area contributed by atoms with E-state index in [1.165, 1.54) is 6.07 Å². The second kappa shape index (κ2) is 3.78. The van der Waals surface area contributed by atoms with Gasteiger partial charge in [0, 0.05) is 18.3 Å². The highest BCUT2D eigenvalue weighted by atomic mass is 35.5. The van der Waals surface area contributed by atoms with Crippen LogP contribution in [-0.4, -0.2) is 4.98 Å². The Morgan fingerprint density at radius 1 is 1.58 bits per heavy atom. The van der Waals surface area contributed by atoms with Gasteiger partial charge in [0.1, 0.15) is 5.15 Å². The van der Waals surface area contributed by atoms with Gasteiger partial charge in [0.05, 0.1) is 0 Å². The fraction of sp³-hybridized carbons (Fsp3) is 0.286. The first-order valence-corrected chi connectivity index (χ1v) is 3.65. The average molecular weight is 193 g/mol. The zero-order valence-electron chi connectivity index (χ0n) is 6.10. The molecule has 0 bridgehead atoms. The zero-order valence-corrected chi connectivity index (χ0v) is 6.85. The largest absolute Gasteiger partial charge is 0.326 e. The van der Waals surface area contributed by atoms with Crippen LogP contribution in [0.3, 0.4) is 0 Å². The first-order valence-electron chi connectivity index (χ1n) is 3.27. The molecule has 5 heteroatoms. The van der Waals surface area contributed by atoms with Crippen LogP contribution in [0, 0.1) is 0 Å². The summed E-state index contributed by atoms with van der Waals surface area (Å²) in [6.45, 7) is 0.0436. The molecule has 0 radical (unpaired) electrons. The van der Waals surface area contributed by atoms with Gasteiger partial charge in [-0.3, -0.25) is 0 Å². The van der Waals surface area contributed by atoms with Crippen LogP contribution in [0.25, 0.3) is 0 Å². The van der Waals surface area contributed by atoms with E-state index in [1.807, 2.05) is 0 Å². The van der Waals surface area contributed by atoms with Crippen molar-refractivity contribution in [2.75, 3.05) is 0 Å². The summed E-state index contributed by atoms with van der Waals surface area (Å²) in [4.78, 5) is 3.54. The average Bonchev–Trinajstić information content (AvgIpc) is 2.03. The fourth-order valence-electron chi connectivity index (χ4n) is 0.852. The highest BCUT2D eigenvalue weighted by Gasteiger charge is 2.12. The molecule has 1 heterocycles. The van der Waals surface area contributed by atoms with Gasteiger partial charge in [-0.15, -0.1) is 0 Å². The van der Waals surface area contributed by atoms with Crippen molar-refractivity contribution in [3.8, 4) is 0 Å². The van der Waals surface area contributed by atoms with E-state index in [9.17, 15) is 8.78 Å². The van der Waals surface area contributed by atoms with E-state index < -0.39 is 6.43 Å². The van der Waals surface area contributed by atoms with Crippen LogP contribution in [0.1, 0.15) is 17.6 Å². The van der Waals surface area contributed by atoms with Crippen molar-refractivity contribution < 1.29 is 8.78 Å². The van der Waals surface area contributed by atoms with Gasteiger partial charge in [0.25, 0.3) is 6.43 Å². The summed E-state index contributed by atoms with van der Waals surface area (Å²) >= 11 is 5.49. The molecule has 1 rings (SSSR count). The van der Waals surface area contributed by atoms with Crippen molar-refractivity contribution in [2.45, 2.75) is 13.0 Å². The monoisotopic (exact) mass is 192 g/mol. The number of nitrogens with zero attached hydrogens (tertiary/aromatic N) is 1. The first kappa shape index (κ1) is 9.35. The highest BCUT2D eigenvalue weighted by Crippen LogP contribution is 2.23. The third-order valence-corrected chi connectivity index (χ3v) is 1.65. The Hall–Kier alpha value is -0.740. The molecule has 0 aliphatic carbocycles. The van der Waals surface area contributed by atoms with Crippen molar-refractivity contribution in [3.63, 3.8) is 0 Å². The van der Waals surface area contributed by atoms with E-state index in [-0.39, 0.29) is 17.3 Å². The molecule has 1 aromatic heterocycles. The Morgan fingerprint density at radius 3 is 2.75 bits per heavy atom. The lowest BCUT2D eigenvalue weighted by atomic mass is 10.1. The topological polar surface area (TPSA) is 38.9 Å². The number of hydrogen-bond donors (Lipinski definition) is 1. The van der Waals surface area contributed by atoms with Crippen LogP contribution < -0.4 is 5.73 Å². The van der Waals surface area contributed by atoms with E-state index in [0.717, 1.165) is 6.20 Å². The minimum absolute atomic E-state index is 0.0436. The van der Waals surface area contributed by atoms with Crippen LogP contribution in [0.4, 0.5) is 8.78 Å². The van der Waals surface area contributed by atoms with Gasteiger partial charge in [-0.2, -0.15) is 0 Å². The molecule has 0 amide bonds. The number of rotatable bonds is 2. The van der Waals surface area contributed by atoms with E-state index in [0.29, 0.717) is 5.56 Å². The minimum Gasteiger partial charge on any atom is -0.326 e. The number of halogens is 3. The van der Waals surface area contributed by atoms with Crippen LogP contribution in [0.5, 0.6) is 0 Å². The second-order valence-electron chi connectivity index (χ2n) is 2.21. The van der Waals surface area contributed by atoms with Crippen LogP contribution in [0.2, 0.25) is 5.15 Å². The maximum Gasteiger partial charge on any atom is 0.265 e. The molecule has 0 aromatic carbocycles. The minimum atomic E-state index is -2.55. The predicted octanol–water partition coefficient (Wildman–Crippen LogP) is 2.13. The summed E-state index contributed by atoms with van der Waals surface area (Å²) in [6.07, 6.45) is -1.50. The molecular formula is C7H7ClF2N2. The number of aromatic nitrogens is 1. The van der Waals surface area contributed by atoms with Crippen molar-refractivity contribution in [2.24, 2.45) is 5.73 Å². The Bertz CT molecular complexity index is 278. The van der Waals surface area contributed by atoms with Gasteiger partial charge in [0.2, 0.25) is 0 Å². The molecule has 0 fully saturated rings. The summed E-state index contributed by atoms with van der Waals surface area (Å²) in [7, 11) is 0. The summed E-state index contributed by atoms with van der Waals surface area (Å²) in [6, 6.07) is 1.35. The van der Waals surface area contributed by atoms with Gasteiger partial charge in [0.15, 0.2) is 0 Å². The molecule has 0 aliphatic heterocycles. The number of pyridine rings is 1. The molecular weight excluding hydrogens is 186 g/mol. The first-order chi connectivity index (χ1) is 5.65. The van der Waals surface area contributed by atoms with E-state index in [2.05, 4.69) is 4.98 Å². The lowest BCUT2D eigenvalue weighted by molar-refractivity contribution is 0.150. The molecule has 0 atom stereocenters. The summed E-state index contributed by atoms with van der Waals surface area (Å²) < 4.78 is 24.4.